The van der Waals surface area contributed by atoms with Crippen LogP contribution in [0.1, 0.15) is 61.3 Å². The van der Waals surface area contributed by atoms with Crippen molar-refractivity contribution in [1.82, 2.24) is 4.98 Å². The van der Waals surface area contributed by atoms with E-state index in [1.807, 2.05) is 18.2 Å². The predicted molar refractivity (Wildman–Crippen MR) is 131 cm³/mol. The number of amides is 1. The summed E-state index contributed by atoms with van der Waals surface area (Å²) in [5.41, 5.74) is 9.17. The van der Waals surface area contributed by atoms with Crippen molar-refractivity contribution in [2.45, 2.75) is 52.2 Å². The van der Waals surface area contributed by atoms with Crippen LogP contribution in [0.15, 0.2) is 41.5 Å². The van der Waals surface area contributed by atoms with Gasteiger partial charge < -0.3 is 15.8 Å². The molecule has 2 aliphatic carbocycles. The van der Waals surface area contributed by atoms with E-state index in [0.29, 0.717) is 23.2 Å². The van der Waals surface area contributed by atoms with Gasteiger partial charge in [-0.25, -0.2) is 9.37 Å². The first kappa shape index (κ1) is 24.0. The Balaban J connectivity index is 1.69. The number of fused-ring (bicyclic) bond motifs is 1. The number of hydrogen-bond acceptors (Lipinski definition) is 5. The smallest absolute Gasteiger partial charge is 0.274 e. The third kappa shape index (κ3) is 4.46. The molecule has 1 fully saturated rings. The molecule has 1 saturated carbocycles. The number of aliphatic imine (C=N–C) groups is 1. The van der Waals surface area contributed by atoms with Gasteiger partial charge in [0.05, 0.1) is 24.1 Å². The molecule has 1 spiro atoms. The molecule has 7 nitrogen and oxygen atoms in total. The zero-order chi connectivity index (χ0) is 24.6. The Hall–Kier alpha value is -3.13. The number of ether oxygens (including phenoxy) is 1. The number of anilines is 1. The number of rotatable bonds is 5. The van der Waals surface area contributed by atoms with Crippen LogP contribution in [-0.2, 0) is 11.2 Å². The SMILES string of the molecule is COC1C(C)CC2(Cc3ccc(NC(=O)c4ccc(F)cn4)cc3C2N=C(C)C(=N)N)CC1C. The third-order valence-electron chi connectivity index (χ3n) is 7.34. The fourth-order valence-corrected chi connectivity index (χ4v) is 6.06. The minimum absolute atomic E-state index is 0.0397. The summed E-state index contributed by atoms with van der Waals surface area (Å²) in [4.78, 5) is 21.5. The molecule has 0 saturated heterocycles. The van der Waals surface area contributed by atoms with E-state index in [2.05, 4.69) is 24.1 Å². The van der Waals surface area contributed by atoms with Gasteiger partial charge in [0, 0.05) is 18.2 Å². The molecule has 2 aliphatic rings. The van der Waals surface area contributed by atoms with Gasteiger partial charge in [0.1, 0.15) is 17.3 Å². The van der Waals surface area contributed by atoms with Crippen molar-refractivity contribution < 1.29 is 13.9 Å². The van der Waals surface area contributed by atoms with Gasteiger partial charge in [0.2, 0.25) is 0 Å². The van der Waals surface area contributed by atoms with E-state index in [0.717, 1.165) is 31.0 Å². The van der Waals surface area contributed by atoms with Crippen molar-refractivity contribution in [1.29, 1.82) is 5.41 Å². The highest BCUT2D eigenvalue weighted by Crippen LogP contribution is 2.58. The van der Waals surface area contributed by atoms with Crippen molar-refractivity contribution in [2.24, 2.45) is 28.0 Å². The van der Waals surface area contributed by atoms with Crippen LogP contribution in [0.3, 0.4) is 0 Å². The van der Waals surface area contributed by atoms with Gasteiger partial charge in [-0.15, -0.1) is 0 Å². The van der Waals surface area contributed by atoms with Gasteiger partial charge in [0.15, 0.2) is 0 Å². The molecule has 0 aliphatic heterocycles. The van der Waals surface area contributed by atoms with Crippen LogP contribution in [-0.4, -0.2) is 35.7 Å². The van der Waals surface area contributed by atoms with Crippen molar-refractivity contribution in [3.8, 4) is 0 Å². The van der Waals surface area contributed by atoms with E-state index in [-0.39, 0.29) is 29.1 Å². The topological polar surface area (TPSA) is 113 Å². The van der Waals surface area contributed by atoms with Crippen molar-refractivity contribution in [2.75, 3.05) is 12.4 Å². The van der Waals surface area contributed by atoms with Crippen LogP contribution < -0.4 is 11.1 Å². The first-order chi connectivity index (χ1) is 16.1. The standard InChI is InChI=1S/C26H32FN5O2/c1-14-10-26(11-15(2)22(14)34-4)12-17-5-7-19(9-20(17)23(26)31-16(3)24(28)29)32-25(33)21-8-6-18(27)13-30-21/h5-9,13-15,22-23H,10-12H2,1-4H3,(H3,28,29)(H,32,33). The molecule has 1 aromatic carbocycles. The first-order valence-corrected chi connectivity index (χ1v) is 11.6. The Bertz CT molecular complexity index is 1120. The Morgan fingerprint density at radius 1 is 1.26 bits per heavy atom. The number of benzene rings is 1. The van der Waals surface area contributed by atoms with E-state index in [9.17, 15) is 9.18 Å². The summed E-state index contributed by atoms with van der Waals surface area (Å²) < 4.78 is 19.0. The van der Waals surface area contributed by atoms with Crippen LogP contribution in [0.5, 0.6) is 0 Å². The van der Waals surface area contributed by atoms with Crippen molar-refractivity contribution >= 4 is 23.1 Å². The number of amidine groups is 1. The molecular weight excluding hydrogens is 433 g/mol. The van der Waals surface area contributed by atoms with Crippen molar-refractivity contribution in [3.05, 3.63) is 59.2 Å². The molecule has 1 aromatic heterocycles. The second-order valence-electron chi connectivity index (χ2n) is 9.86. The minimum Gasteiger partial charge on any atom is -0.383 e. The number of carbonyl (C=O) groups excluding carboxylic acids is 1. The summed E-state index contributed by atoms with van der Waals surface area (Å²) in [6, 6.07) is 8.28. The Kier molecular flexibility index (Phi) is 6.53. The number of nitrogens with zero attached hydrogens (tertiary/aromatic N) is 2. The Labute approximate surface area is 199 Å². The lowest BCUT2D eigenvalue weighted by atomic mass is 9.61. The largest absolute Gasteiger partial charge is 0.383 e. The number of carbonyl (C=O) groups is 1. The number of aromatic nitrogens is 1. The van der Waals surface area contributed by atoms with E-state index in [1.54, 1.807) is 14.0 Å². The van der Waals surface area contributed by atoms with Crippen molar-refractivity contribution in [3.63, 3.8) is 0 Å². The van der Waals surface area contributed by atoms with E-state index >= 15 is 0 Å². The molecule has 4 rings (SSSR count). The summed E-state index contributed by atoms with van der Waals surface area (Å²) in [6.45, 7) is 6.23. The molecule has 3 atom stereocenters. The number of methoxy groups -OCH3 is 1. The summed E-state index contributed by atoms with van der Waals surface area (Å²) in [5.74, 6) is -0.214. The number of pyridine rings is 1. The summed E-state index contributed by atoms with van der Waals surface area (Å²) in [5, 5.41) is 10.7. The monoisotopic (exact) mass is 465 g/mol. The predicted octanol–water partition coefficient (Wildman–Crippen LogP) is 4.53. The molecule has 1 heterocycles. The first-order valence-electron chi connectivity index (χ1n) is 11.6. The van der Waals surface area contributed by atoms with Crippen LogP contribution in [0, 0.1) is 28.5 Å². The number of hydrogen-bond donors (Lipinski definition) is 3. The quantitative estimate of drug-likeness (QED) is 0.444. The fourth-order valence-electron chi connectivity index (χ4n) is 6.06. The average molecular weight is 466 g/mol. The lowest BCUT2D eigenvalue weighted by Crippen LogP contribution is -2.44. The maximum atomic E-state index is 13.2. The van der Waals surface area contributed by atoms with Gasteiger partial charge in [-0.1, -0.05) is 19.9 Å². The van der Waals surface area contributed by atoms with Gasteiger partial charge in [-0.3, -0.25) is 15.2 Å². The molecule has 180 valence electrons. The second-order valence-corrected chi connectivity index (χ2v) is 9.86. The summed E-state index contributed by atoms with van der Waals surface area (Å²) >= 11 is 0. The summed E-state index contributed by atoms with van der Waals surface area (Å²) in [7, 11) is 1.78. The zero-order valence-electron chi connectivity index (χ0n) is 20.1. The molecule has 2 aromatic rings. The number of halogens is 1. The van der Waals surface area contributed by atoms with E-state index in [4.69, 9.17) is 20.9 Å². The van der Waals surface area contributed by atoms with E-state index < -0.39 is 11.7 Å². The molecule has 34 heavy (non-hydrogen) atoms. The highest BCUT2D eigenvalue weighted by Gasteiger charge is 2.52. The molecule has 0 radical (unpaired) electrons. The van der Waals surface area contributed by atoms with Crippen LogP contribution in [0.4, 0.5) is 10.1 Å². The van der Waals surface area contributed by atoms with Gasteiger partial charge in [-0.2, -0.15) is 0 Å². The maximum absolute atomic E-state index is 13.2. The minimum atomic E-state index is -0.493. The van der Waals surface area contributed by atoms with Gasteiger partial charge >= 0.3 is 0 Å². The Morgan fingerprint density at radius 3 is 2.56 bits per heavy atom. The van der Waals surface area contributed by atoms with E-state index in [1.165, 1.54) is 17.7 Å². The van der Waals surface area contributed by atoms with Crippen LogP contribution in [0.2, 0.25) is 0 Å². The lowest BCUT2D eigenvalue weighted by Gasteiger charge is -2.47. The molecule has 1 amide bonds. The zero-order valence-corrected chi connectivity index (χ0v) is 20.1. The van der Waals surface area contributed by atoms with Gasteiger partial charge in [0.25, 0.3) is 5.91 Å². The molecule has 4 N–H and O–H groups in total. The number of nitrogens with one attached hydrogen (secondary N) is 2. The number of nitrogens with two attached hydrogens (primary N) is 1. The van der Waals surface area contributed by atoms with Crippen LogP contribution in [0.25, 0.3) is 0 Å². The maximum Gasteiger partial charge on any atom is 0.274 e. The molecular formula is C26H32FN5O2. The molecule has 8 heteroatoms. The van der Waals surface area contributed by atoms with Gasteiger partial charge in [-0.05, 0) is 73.4 Å². The highest BCUT2D eigenvalue weighted by atomic mass is 19.1. The molecule has 3 unspecified atom stereocenters. The average Bonchev–Trinajstić information content (AvgIpc) is 3.05. The second kappa shape index (κ2) is 9.25. The Morgan fingerprint density at radius 2 is 1.97 bits per heavy atom. The normalized spacial score (nSPS) is 28.6. The van der Waals surface area contributed by atoms with Crippen LogP contribution >= 0.6 is 0 Å². The third-order valence-corrected chi connectivity index (χ3v) is 7.34. The fraction of sp³-hybridized carbons (Fsp3) is 0.462. The molecule has 0 bridgehead atoms. The highest BCUT2D eigenvalue weighted by molar-refractivity contribution is 6.38. The lowest BCUT2D eigenvalue weighted by molar-refractivity contribution is -0.0573. The summed E-state index contributed by atoms with van der Waals surface area (Å²) in [6.07, 6.45) is 4.00.